The Labute approximate surface area is 336 Å². The fourth-order valence-corrected chi connectivity index (χ4v) is 5.42. The summed E-state index contributed by atoms with van der Waals surface area (Å²) in [4.78, 5) is 36.7. The van der Waals surface area contributed by atoms with Gasteiger partial charge in [0.1, 0.15) is 15.5 Å². The Morgan fingerprint density at radius 1 is 0.957 bits per heavy atom. The van der Waals surface area contributed by atoms with Crippen LogP contribution in [0.2, 0.25) is 10.3 Å². The second kappa shape index (κ2) is 16.8. The molecule has 1 atom stereocenters. The number of anilines is 2. The molecule has 46 heavy (non-hydrogen) atoms. The van der Waals surface area contributed by atoms with Gasteiger partial charge in [0.2, 0.25) is 6.04 Å². The van der Waals surface area contributed by atoms with Crippen LogP contribution in [0.1, 0.15) is 15.9 Å². The van der Waals surface area contributed by atoms with Gasteiger partial charge in [-0.05, 0) is 42.8 Å². The SMILES string of the molecule is Cc1c(N2N=C(C(=O)O)C(N=Nc3ccccc3S(=O)(=O)O)C2=O)cc(NC(=O)c2cc(Cl)nnc2Cl)cc1S(=O)(=O)O.[Na].[Na].[Na]. The maximum Gasteiger partial charge on any atom is 0.355 e. The van der Waals surface area contributed by atoms with Crippen LogP contribution in [0, 0.1) is 6.92 Å². The molecule has 227 valence electrons. The van der Waals surface area contributed by atoms with Crippen LogP contribution in [-0.4, -0.2) is 159 Å². The van der Waals surface area contributed by atoms with E-state index >= 15 is 0 Å². The minimum absolute atomic E-state index is 0. The van der Waals surface area contributed by atoms with Gasteiger partial charge in [-0.15, -0.1) is 10.2 Å². The molecule has 1 unspecified atom stereocenters. The fourth-order valence-electron chi connectivity index (χ4n) is 3.70. The van der Waals surface area contributed by atoms with Gasteiger partial charge in [-0.3, -0.25) is 18.7 Å². The molecule has 4 rings (SSSR count). The molecule has 2 heterocycles. The van der Waals surface area contributed by atoms with Gasteiger partial charge in [-0.2, -0.15) is 37.2 Å². The Balaban J connectivity index is 0.00000353. The van der Waals surface area contributed by atoms with Crippen LogP contribution in [0.3, 0.4) is 0 Å². The molecule has 3 aromatic rings. The number of carboxylic acids is 1. The number of aromatic nitrogens is 2. The third-order valence-corrected chi connectivity index (χ3v) is 7.96. The zero-order chi connectivity index (χ0) is 31.9. The molecule has 0 spiro atoms. The summed E-state index contributed by atoms with van der Waals surface area (Å²) >= 11 is 11.6. The third-order valence-electron chi connectivity index (χ3n) is 5.61. The number of benzene rings is 2. The molecule has 0 saturated heterocycles. The standard InChI is InChI=1S/C22H15Cl2N7O10S2.3Na/c1-9-13(6-10(7-15(9)43(39,40)41)25-20(32)11-8-16(23)27-29-19(11)24)31-21(33)17(18(30-31)22(34)35)28-26-12-4-2-3-5-14(12)42(36,37)38;;;/h2-8,17H,1H3,(H,25,32)(H,34,35)(H,36,37,38)(H,39,40,41);;;. The van der Waals surface area contributed by atoms with Crippen molar-refractivity contribution >= 4 is 173 Å². The van der Waals surface area contributed by atoms with E-state index in [2.05, 4.69) is 30.8 Å². The summed E-state index contributed by atoms with van der Waals surface area (Å²) in [5.74, 6) is -3.88. The van der Waals surface area contributed by atoms with Crippen molar-refractivity contribution in [1.29, 1.82) is 0 Å². The van der Waals surface area contributed by atoms with Crippen molar-refractivity contribution in [3.05, 3.63) is 63.9 Å². The van der Waals surface area contributed by atoms with Crippen molar-refractivity contribution in [3.8, 4) is 0 Å². The molecule has 17 nitrogen and oxygen atoms in total. The minimum Gasteiger partial charge on any atom is -0.477 e. The van der Waals surface area contributed by atoms with Crippen LogP contribution in [0.4, 0.5) is 17.1 Å². The zero-order valence-electron chi connectivity index (χ0n) is 24.1. The quantitative estimate of drug-likeness (QED) is 0.146. The Morgan fingerprint density at radius 2 is 1.57 bits per heavy atom. The van der Waals surface area contributed by atoms with Gasteiger partial charge in [0, 0.05) is 94.4 Å². The van der Waals surface area contributed by atoms with E-state index in [1.165, 1.54) is 12.1 Å². The molecule has 0 saturated carbocycles. The fraction of sp³-hybridized carbons (Fsp3) is 0.0909. The van der Waals surface area contributed by atoms with E-state index in [9.17, 15) is 45.4 Å². The molecule has 2 aromatic carbocycles. The molecule has 0 fully saturated rings. The molecule has 2 amide bonds. The van der Waals surface area contributed by atoms with Crippen molar-refractivity contribution in [3.63, 3.8) is 0 Å². The first-order chi connectivity index (χ1) is 20.0. The van der Waals surface area contributed by atoms with Gasteiger partial charge in [0.15, 0.2) is 16.0 Å². The molecule has 0 aliphatic carbocycles. The number of nitrogens with one attached hydrogen (secondary N) is 1. The van der Waals surface area contributed by atoms with Crippen LogP contribution < -0.4 is 10.3 Å². The largest absolute Gasteiger partial charge is 0.477 e. The number of amides is 2. The molecule has 3 radical (unpaired) electrons. The summed E-state index contributed by atoms with van der Waals surface area (Å²) in [5, 5.41) is 29.8. The Kier molecular flexibility index (Phi) is 15.6. The van der Waals surface area contributed by atoms with E-state index in [0.29, 0.717) is 5.01 Å². The molecular formula is C22H15Cl2N7Na3O10S2. The minimum atomic E-state index is -5.00. The Bertz CT molecular complexity index is 2000. The number of aliphatic carboxylic acids is 1. The van der Waals surface area contributed by atoms with E-state index in [1.54, 1.807) is 0 Å². The Morgan fingerprint density at radius 3 is 2.15 bits per heavy atom. The van der Waals surface area contributed by atoms with Gasteiger partial charge < -0.3 is 10.4 Å². The van der Waals surface area contributed by atoms with E-state index in [-0.39, 0.29) is 116 Å². The summed E-state index contributed by atoms with van der Waals surface area (Å²) in [6.45, 7) is 1.16. The summed E-state index contributed by atoms with van der Waals surface area (Å²) in [6, 6.07) is 5.69. The third kappa shape index (κ3) is 9.61. The molecule has 1 aromatic heterocycles. The number of rotatable bonds is 8. The summed E-state index contributed by atoms with van der Waals surface area (Å²) < 4.78 is 66.9. The van der Waals surface area contributed by atoms with E-state index in [0.717, 1.165) is 37.3 Å². The predicted molar refractivity (Wildman–Crippen MR) is 165 cm³/mol. The average molecular weight is 741 g/mol. The van der Waals surface area contributed by atoms with E-state index < -0.39 is 70.9 Å². The maximum absolute atomic E-state index is 13.4. The first-order valence-corrected chi connectivity index (χ1v) is 14.9. The number of halogens is 2. The molecule has 1 aliphatic rings. The normalized spacial score (nSPS) is 14.5. The van der Waals surface area contributed by atoms with Crippen LogP contribution in [0.15, 0.2) is 67.6 Å². The molecule has 24 heteroatoms. The van der Waals surface area contributed by atoms with Crippen molar-refractivity contribution in [1.82, 2.24) is 10.2 Å². The van der Waals surface area contributed by atoms with E-state index in [4.69, 9.17) is 23.2 Å². The predicted octanol–water partition coefficient (Wildman–Crippen LogP) is 1.63. The number of hydrazone groups is 1. The van der Waals surface area contributed by atoms with Crippen LogP contribution in [0.5, 0.6) is 0 Å². The number of azo groups is 1. The number of nitrogens with zero attached hydrogens (tertiary/aromatic N) is 6. The first-order valence-electron chi connectivity index (χ1n) is 11.2. The van der Waals surface area contributed by atoms with Crippen molar-refractivity contribution < 1.29 is 45.4 Å². The van der Waals surface area contributed by atoms with Crippen LogP contribution >= 0.6 is 23.2 Å². The summed E-state index contributed by atoms with van der Waals surface area (Å²) in [7, 11) is -9.77. The van der Waals surface area contributed by atoms with Gasteiger partial charge in [-0.1, -0.05) is 35.3 Å². The van der Waals surface area contributed by atoms with Crippen molar-refractivity contribution in [2.75, 3.05) is 10.3 Å². The van der Waals surface area contributed by atoms with Gasteiger partial charge in [0.25, 0.3) is 32.1 Å². The zero-order valence-corrected chi connectivity index (χ0v) is 33.2. The molecule has 4 N–H and O–H groups in total. The monoisotopic (exact) mass is 740 g/mol. The molecule has 0 bridgehead atoms. The summed E-state index contributed by atoms with van der Waals surface area (Å²) in [6.07, 6.45) is 0. The molecule has 1 aliphatic heterocycles. The average Bonchev–Trinajstić information content (AvgIpc) is 3.24. The molecular weight excluding hydrogens is 726 g/mol. The van der Waals surface area contributed by atoms with Gasteiger partial charge in [-0.25, -0.2) is 4.79 Å². The van der Waals surface area contributed by atoms with Gasteiger partial charge in [0.05, 0.1) is 11.3 Å². The smallest absolute Gasteiger partial charge is 0.355 e. The van der Waals surface area contributed by atoms with Crippen molar-refractivity contribution in [2.24, 2.45) is 15.3 Å². The number of carbonyl (C=O) groups excluding carboxylic acids is 2. The second-order valence-electron chi connectivity index (χ2n) is 8.42. The topological polar surface area (TPSA) is 258 Å². The van der Waals surface area contributed by atoms with E-state index in [1.807, 2.05) is 0 Å². The number of hydrogen-bond acceptors (Lipinski definition) is 12. The first kappa shape index (κ1) is 42.6. The van der Waals surface area contributed by atoms with Crippen LogP contribution in [0.25, 0.3) is 0 Å². The van der Waals surface area contributed by atoms with Crippen LogP contribution in [-0.2, 0) is 29.8 Å². The number of carbonyl (C=O) groups is 3. The van der Waals surface area contributed by atoms with Crippen molar-refractivity contribution in [2.45, 2.75) is 22.8 Å². The summed E-state index contributed by atoms with van der Waals surface area (Å²) in [5.41, 5.74) is -2.62. The number of hydrogen-bond donors (Lipinski definition) is 4. The Hall–Kier alpha value is -1.40. The maximum atomic E-state index is 13.4. The number of carboxylic acid groups (broad SMARTS) is 1. The second-order valence-corrected chi connectivity index (χ2v) is 11.9. The van der Waals surface area contributed by atoms with Gasteiger partial charge >= 0.3 is 5.97 Å².